The molecule has 0 aromatic heterocycles. The number of carbonyl (C=O) groups excluding carboxylic acids is 2. The molecule has 5 nitrogen and oxygen atoms in total. The average Bonchev–Trinajstić information content (AvgIpc) is 3.18. The van der Waals surface area contributed by atoms with Crippen molar-refractivity contribution in [3.63, 3.8) is 0 Å². The van der Waals surface area contributed by atoms with Crippen molar-refractivity contribution in [1.29, 1.82) is 0 Å². The van der Waals surface area contributed by atoms with Crippen LogP contribution in [-0.4, -0.2) is 41.4 Å². The second-order valence-electron chi connectivity index (χ2n) is 8.17. The predicted molar refractivity (Wildman–Crippen MR) is 94.7 cm³/mol. The molecule has 4 fully saturated rings. The molecule has 0 radical (unpaired) electrons. The van der Waals surface area contributed by atoms with Crippen LogP contribution in [0.3, 0.4) is 0 Å². The Morgan fingerprint density at radius 2 is 1.62 bits per heavy atom. The Morgan fingerprint density at radius 1 is 0.958 bits per heavy atom. The van der Waals surface area contributed by atoms with Crippen LogP contribution in [0.2, 0.25) is 0 Å². The zero-order valence-electron chi connectivity index (χ0n) is 14.3. The van der Waals surface area contributed by atoms with Gasteiger partial charge in [-0.3, -0.25) is 9.59 Å². The summed E-state index contributed by atoms with van der Waals surface area (Å²) in [6.45, 7) is 0.749. The van der Waals surface area contributed by atoms with E-state index in [9.17, 15) is 9.59 Å². The third-order valence-corrected chi connectivity index (χ3v) is 6.52. The fraction of sp³-hybridized carbons (Fsp3) is 0.889. The normalized spacial score (nSPS) is 38.4. The van der Waals surface area contributed by atoms with Crippen LogP contribution >= 0.6 is 12.4 Å². The van der Waals surface area contributed by atoms with Crippen molar-refractivity contribution in [2.24, 2.45) is 23.5 Å². The maximum atomic E-state index is 13.1. The number of nitrogens with two attached hydrogens (primary N) is 1. The molecule has 0 aromatic rings. The average molecular weight is 356 g/mol. The molecule has 0 spiro atoms. The minimum absolute atomic E-state index is 0. The summed E-state index contributed by atoms with van der Waals surface area (Å²) < 4.78 is 0. The Morgan fingerprint density at radius 3 is 2.25 bits per heavy atom. The summed E-state index contributed by atoms with van der Waals surface area (Å²) in [7, 11) is 0. The van der Waals surface area contributed by atoms with Crippen molar-refractivity contribution in [2.45, 2.75) is 75.9 Å². The molecule has 136 valence electrons. The number of fused-ring (bicyclic) bond motifs is 2. The van der Waals surface area contributed by atoms with Gasteiger partial charge in [0.15, 0.2) is 0 Å². The zero-order valence-corrected chi connectivity index (χ0v) is 15.1. The third kappa shape index (κ3) is 3.43. The lowest BCUT2D eigenvalue weighted by atomic mass is 9.65. The van der Waals surface area contributed by atoms with Gasteiger partial charge in [-0.15, -0.1) is 12.4 Å². The number of halogens is 1. The van der Waals surface area contributed by atoms with Gasteiger partial charge in [0.05, 0.1) is 0 Å². The molecule has 1 aliphatic heterocycles. The largest absolute Gasteiger partial charge is 0.352 e. The van der Waals surface area contributed by atoms with E-state index >= 15 is 0 Å². The van der Waals surface area contributed by atoms with E-state index in [1.165, 1.54) is 19.3 Å². The van der Waals surface area contributed by atoms with E-state index < -0.39 is 0 Å². The van der Waals surface area contributed by atoms with Gasteiger partial charge in [0.25, 0.3) is 0 Å². The number of hydrogen-bond donors (Lipinski definition) is 2. The molecule has 6 heteroatoms. The Labute approximate surface area is 150 Å². The van der Waals surface area contributed by atoms with Gasteiger partial charge in [0, 0.05) is 24.5 Å². The van der Waals surface area contributed by atoms with E-state index in [0.717, 1.165) is 45.1 Å². The zero-order chi connectivity index (χ0) is 16.0. The molecule has 1 saturated heterocycles. The summed E-state index contributed by atoms with van der Waals surface area (Å²) in [6, 6.07) is 0.436. The van der Waals surface area contributed by atoms with E-state index in [-0.39, 0.29) is 36.2 Å². The number of hydrogen-bond acceptors (Lipinski definition) is 3. The molecule has 3 unspecified atom stereocenters. The Balaban J connectivity index is 0.00000169. The van der Waals surface area contributed by atoms with Crippen LogP contribution in [0.25, 0.3) is 0 Å². The number of likely N-dealkylation sites (tertiary alicyclic amines) is 1. The van der Waals surface area contributed by atoms with Crippen molar-refractivity contribution in [1.82, 2.24) is 10.2 Å². The van der Waals surface area contributed by atoms with Crippen LogP contribution in [0, 0.1) is 17.8 Å². The molecule has 2 bridgehead atoms. The highest BCUT2D eigenvalue weighted by atomic mass is 35.5. The SMILES string of the molecule is Cl.NC1C2CCCC1CC(C(=O)N1CCCC1C(=O)NC1CC1)C2. The predicted octanol–water partition coefficient (Wildman–Crippen LogP) is 1.83. The first-order valence-corrected chi connectivity index (χ1v) is 9.50. The summed E-state index contributed by atoms with van der Waals surface area (Å²) in [4.78, 5) is 27.4. The fourth-order valence-electron chi connectivity index (χ4n) is 5.05. The van der Waals surface area contributed by atoms with Crippen molar-refractivity contribution in [3.8, 4) is 0 Å². The van der Waals surface area contributed by atoms with Crippen LogP contribution in [-0.2, 0) is 9.59 Å². The van der Waals surface area contributed by atoms with Crippen molar-refractivity contribution < 1.29 is 9.59 Å². The molecule has 3 saturated carbocycles. The first-order chi connectivity index (χ1) is 11.1. The number of carbonyl (C=O) groups is 2. The van der Waals surface area contributed by atoms with Gasteiger partial charge in [-0.25, -0.2) is 0 Å². The van der Waals surface area contributed by atoms with Gasteiger partial charge < -0.3 is 16.0 Å². The van der Waals surface area contributed by atoms with E-state index in [1.807, 2.05) is 4.90 Å². The van der Waals surface area contributed by atoms with E-state index in [2.05, 4.69) is 5.32 Å². The van der Waals surface area contributed by atoms with Crippen LogP contribution < -0.4 is 11.1 Å². The number of nitrogens with zero attached hydrogens (tertiary/aromatic N) is 1. The molecule has 24 heavy (non-hydrogen) atoms. The van der Waals surface area contributed by atoms with Crippen LogP contribution in [0.15, 0.2) is 0 Å². The van der Waals surface area contributed by atoms with Gasteiger partial charge in [0.2, 0.25) is 11.8 Å². The first-order valence-electron chi connectivity index (χ1n) is 9.50. The Hall–Kier alpha value is -0.810. The molecule has 2 amide bonds. The third-order valence-electron chi connectivity index (χ3n) is 6.52. The van der Waals surface area contributed by atoms with Gasteiger partial charge in [-0.05, 0) is 63.2 Å². The number of nitrogens with one attached hydrogen (secondary N) is 1. The van der Waals surface area contributed by atoms with Crippen LogP contribution in [0.4, 0.5) is 0 Å². The summed E-state index contributed by atoms with van der Waals surface area (Å²) in [6.07, 6.45) is 9.44. The maximum Gasteiger partial charge on any atom is 0.243 e. The van der Waals surface area contributed by atoms with E-state index in [0.29, 0.717) is 23.9 Å². The van der Waals surface area contributed by atoms with Crippen molar-refractivity contribution in [2.75, 3.05) is 6.54 Å². The lowest BCUT2D eigenvalue weighted by Gasteiger charge is -2.44. The maximum absolute atomic E-state index is 13.1. The summed E-state index contributed by atoms with van der Waals surface area (Å²) in [5, 5.41) is 3.08. The monoisotopic (exact) mass is 355 g/mol. The second kappa shape index (κ2) is 7.20. The molecule has 3 atom stereocenters. The number of amides is 2. The van der Waals surface area contributed by atoms with Gasteiger partial charge in [0.1, 0.15) is 6.04 Å². The Kier molecular flexibility index (Phi) is 5.40. The molecule has 0 aromatic carbocycles. The van der Waals surface area contributed by atoms with Gasteiger partial charge in [-0.1, -0.05) is 6.42 Å². The topological polar surface area (TPSA) is 75.4 Å². The first kappa shape index (κ1) is 18.0. The van der Waals surface area contributed by atoms with Crippen molar-refractivity contribution in [3.05, 3.63) is 0 Å². The quantitative estimate of drug-likeness (QED) is 0.811. The smallest absolute Gasteiger partial charge is 0.243 e. The minimum atomic E-state index is -0.224. The standard InChI is InChI=1S/C18H29N3O2.ClH/c19-16-11-3-1-4-12(16)10-13(9-11)18(23)21-8-2-5-15(21)17(22)20-14-6-7-14;/h11-16H,1-10,19H2,(H,20,22);1H. The van der Waals surface area contributed by atoms with Gasteiger partial charge >= 0.3 is 0 Å². The van der Waals surface area contributed by atoms with Crippen molar-refractivity contribution >= 4 is 24.2 Å². The highest BCUT2D eigenvalue weighted by molar-refractivity contribution is 5.89. The van der Waals surface area contributed by atoms with Crippen LogP contribution in [0.1, 0.15) is 57.8 Å². The highest BCUT2D eigenvalue weighted by Gasteiger charge is 2.44. The fourth-order valence-corrected chi connectivity index (χ4v) is 5.05. The molecule has 4 aliphatic rings. The molecule has 3 aliphatic carbocycles. The lowest BCUT2D eigenvalue weighted by Crippen LogP contribution is -2.52. The number of rotatable bonds is 3. The summed E-state index contributed by atoms with van der Waals surface area (Å²) >= 11 is 0. The molecular weight excluding hydrogens is 326 g/mol. The molecular formula is C18H30ClN3O2. The second-order valence-corrected chi connectivity index (χ2v) is 8.17. The lowest BCUT2D eigenvalue weighted by molar-refractivity contribution is -0.144. The minimum Gasteiger partial charge on any atom is -0.352 e. The molecule has 3 N–H and O–H groups in total. The summed E-state index contributed by atoms with van der Waals surface area (Å²) in [5.41, 5.74) is 6.35. The Bertz CT molecular complexity index is 483. The van der Waals surface area contributed by atoms with E-state index in [1.54, 1.807) is 0 Å². The highest BCUT2D eigenvalue weighted by Crippen LogP contribution is 2.43. The molecule has 1 heterocycles. The van der Waals surface area contributed by atoms with Gasteiger partial charge in [-0.2, -0.15) is 0 Å². The van der Waals surface area contributed by atoms with E-state index in [4.69, 9.17) is 5.73 Å². The van der Waals surface area contributed by atoms with Crippen LogP contribution in [0.5, 0.6) is 0 Å². The molecule has 4 rings (SSSR count). The summed E-state index contributed by atoms with van der Waals surface area (Å²) in [5.74, 6) is 1.42.